The van der Waals surface area contributed by atoms with Crippen LogP contribution in [0.15, 0.2) is 30.6 Å². The fraction of sp³-hybridized carbons (Fsp3) is 0.556. The monoisotopic (exact) mass is 314 g/mol. The van der Waals surface area contributed by atoms with Gasteiger partial charge < -0.3 is 15.0 Å². The summed E-state index contributed by atoms with van der Waals surface area (Å²) < 4.78 is 2.00. The van der Waals surface area contributed by atoms with Gasteiger partial charge in [0.15, 0.2) is 0 Å². The molecular weight excluding hydrogens is 288 g/mol. The van der Waals surface area contributed by atoms with E-state index in [0.717, 1.165) is 30.6 Å². The lowest BCUT2D eigenvalue weighted by Crippen LogP contribution is -2.43. The molecule has 0 unspecified atom stereocenters. The van der Waals surface area contributed by atoms with Gasteiger partial charge in [-0.3, -0.25) is 0 Å². The van der Waals surface area contributed by atoms with Crippen molar-refractivity contribution >= 4 is 11.7 Å². The van der Waals surface area contributed by atoms with Crippen LogP contribution in [0.5, 0.6) is 0 Å². The van der Waals surface area contributed by atoms with Crippen molar-refractivity contribution in [2.24, 2.45) is 0 Å². The van der Waals surface area contributed by atoms with Gasteiger partial charge in [0.05, 0.1) is 5.69 Å². The van der Waals surface area contributed by atoms with Crippen molar-refractivity contribution in [1.29, 1.82) is 0 Å². The zero-order chi connectivity index (χ0) is 15.9. The fourth-order valence-electron chi connectivity index (χ4n) is 3.25. The maximum Gasteiger partial charge on any atom is 0.315 e. The number of aromatic nitrogens is 2. The summed E-state index contributed by atoms with van der Waals surface area (Å²) in [6, 6.07) is 6.24. The molecule has 3 rings (SSSR count). The molecule has 2 aromatic heterocycles. The van der Waals surface area contributed by atoms with Crippen LogP contribution >= 0.6 is 0 Å². The number of nitrogens with one attached hydrogen (secondary N) is 2. The van der Waals surface area contributed by atoms with Gasteiger partial charge in [0.1, 0.15) is 5.65 Å². The second-order valence-corrected chi connectivity index (χ2v) is 6.39. The van der Waals surface area contributed by atoms with Gasteiger partial charge in [0.25, 0.3) is 0 Å². The Morgan fingerprint density at radius 1 is 1.17 bits per heavy atom. The van der Waals surface area contributed by atoms with Gasteiger partial charge in [0.2, 0.25) is 0 Å². The average molecular weight is 314 g/mol. The molecule has 0 saturated heterocycles. The molecule has 5 heteroatoms. The Labute approximate surface area is 137 Å². The van der Waals surface area contributed by atoms with Crippen molar-refractivity contribution in [3.63, 3.8) is 0 Å². The molecule has 2 amide bonds. The smallest absolute Gasteiger partial charge is 0.315 e. The molecule has 0 radical (unpaired) electrons. The molecule has 2 N–H and O–H groups in total. The molecule has 0 aliphatic heterocycles. The van der Waals surface area contributed by atoms with E-state index in [1.54, 1.807) is 0 Å². The Morgan fingerprint density at radius 2 is 1.96 bits per heavy atom. The Kier molecular flexibility index (Phi) is 5.51. The van der Waals surface area contributed by atoms with Crippen molar-refractivity contribution < 1.29 is 4.79 Å². The van der Waals surface area contributed by atoms with Gasteiger partial charge in [-0.05, 0) is 25.0 Å². The van der Waals surface area contributed by atoms with E-state index in [-0.39, 0.29) is 6.03 Å². The number of hydrogen-bond acceptors (Lipinski definition) is 2. The van der Waals surface area contributed by atoms with Crippen LogP contribution in [0.25, 0.3) is 5.65 Å². The third kappa shape index (κ3) is 4.71. The number of rotatable bonds is 4. The highest BCUT2D eigenvalue weighted by atomic mass is 16.2. The van der Waals surface area contributed by atoms with Crippen LogP contribution < -0.4 is 10.6 Å². The second kappa shape index (κ2) is 7.99. The van der Waals surface area contributed by atoms with Gasteiger partial charge in [-0.15, -0.1) is 0 Å². The molecule has 0 aromatic carbocycles. The topological polar surface area (TPSA) is 58.4 Å². The van der Waals surface area contributed by atoms with E-state index in [9.17, 15) is 4.79 Å². The molecule has 0 spiro atoms. The number of amides is 2. The summed E-state index contributed by atoms with van der Waals surface area (Å²) in [4.78, 5) is 16.6. The minimum absolute atomic E-state index is 0.0423. The summed E-state index contributed by atoms with van der Waals surface area (Å²) in [7, 11) is 0. The molecule has 0 atom stereocenters. The molecule has 23 heavy (non-hydrogen) atoms. The number of carbonyl (C=O) groups excluding carboxylic acids is 1. The molecule has 1 fully saturated rings. The number of imidazole rings is 1. The lowest BCUT2D eigenvalue weighted by atomic mass is 9.97. The SMILES string of the molecule is O=C(NCCc1cn2ccccc2n1)NC1CCCCCCC1. The van der Waals surface area contributed by atoms with Gasteiger partial charge >= 0.3 is 6.03 Å². The fourth-order valence-corrected chi connectivity index (χ4v) is 3.25. The molecule has 5 nitrogen and oxygen atoms in total. The molecule has 2 heterocycles. The highest BCUT2D eigenvalue weighted by molar-refractivity contribution is 5.74. The van der Waals surface area contributed by atoms with E-state index in [1.807, 2.05) is 35.0 Å². The largest absolute Gasteiger partial charge is 0.338 e. The summed E-state index contributed by atoms with van der Waals surface area (Å²) in [5, 5.41) is 6.08. The standard InChI is InChI=1S/C18H26N4O/c23-18(21-15-8-4-2-1-3-5-9-15)19-12-11-16-14-22-13-7-6-10-17(22)20-16/h6-7,10,13-15H,1-5,8-9,11-12H2,(H2,19,21,23). The number of carbonyl (C=O) groups is 1. The first kappa shape index (κ1) is 15.8. The second-order valence-electron chi connectivity index (χ2n) is 6.39. The zero-order valence-electron chi connectivity index (χ0n) is 13.6. The predicted octanol–water partition coefficient (Wildman–Crippen LogP) is 3.29. The lowest BCUT2D eigenvalue weighted by Gasteiger charge is -2.21. The Hall–Kier alpha value is -2.04. The van der Waals surface area contributed by atoms with Gasteiger partial charge in [-0.2, -0.15) is 0 Å². The number of urea groups is 1. The molecule has 1 aliphatic rings. The number of pyridine rings is 1. The van der Waals surface area contributed by atoms with Crippen molar-refractivity contribution in [1.82, 2.24) is 20.0 Å². The van der Waals surface area contributed by atoms with Gasteiger partial charge in [-0.25, -0.2) is 9.78 Å². The van der Waals surface area contributed by atoms with Crippen LogP contribution in [0.1, 0.15) is 50.6 Å². The number of fused-ring (bicyclic) bond motifs is 1. The minimum Gasteiger partial charge on any atom is -0.338 e. The zero-order valence-corrected chi connectivity index (χ0v) is 13.6. The van der Waals surface area contributed by atoms with Crippen molar-refractivity contribution in [2.45, 2.75) is 57.4 Å². The van der Waals surface area contributed by atoms with E-state index < -0.39 is 0 Å². The molecule has 124 valence electrons. The highest BCUT2D eigenvalue weighted by Gasteiger charge is 2.13. The molecule has 1 aliphatic carbocycles. The van der Waals surface area contributed by atoms with Crippen LogP contribution in [-0.2, 0) is 6.42 Å². The molecular formula is C18H26N4O. The van der Waals surface area contributed by atoms with E-state index in [1.165, 1.54) is 32.1 Å². The maximum atomic E-state index is 12.0. The van der Waals surface area contributed by atoms with Gasteiger partial charge in [0, 0.05) is 31.4 Å². The summed E-state index contributed by atoms with van der Waals surface area (Å²) >= 11 is 0. The summed E-state index contributed by atoms with van der Waals surface area (Å²) in [6.45, 7) is 0.614. The quantitative estimate of drug-likeness (QED) is 0.910. The molecule has 2 aromatic rings. The molecule has 0 bridgehead atoms. The van der Waals surface area contributed by atoms with Crippen LogP contribution in [-0.4, -0.2) is 28.0 Å². The Bertz CT molecular complexity index is 596. The summed E-state index contributed by atoms with van der Waals surface area (Å²) in [6.07, 6.45) is 13.4. The summed E-state index contributed by atoms with van der Waals surface area (Å²) in [5.41, 5.74) is 1.95. The Balaban J connectivity index is 1.41. The van der Waals surface area contributed by atoms with E-state index in [4.69, 9.17) is 0 Å². The first-order valence-corrected chi connectivity index (χ1v) is 8.78. The summed E-state index contributed by atoms with van der Waals surface area (Å²) in [5.74, 6) is 0. The first-order chi connectivity index (χ1) is 11.3. The normalized spacial score (nSPS) is 16.7. The molecule has 1 saturated carbocycles. The average Bonchev–Trinajstić information content (AvgIpc) is 2.92. The maximum absolute atomic E-state index is 12.0. The number of nitrogens with zero attached hydrogens (tertiary/aromatic N) is 2. The lowest BCUT2D eigenvalue weighted by molar-refractivity contribution is 0.234. The van der Waals surface area contributed by atoms with Crippen molar-refractivity contribution in [3.8, 4) is 0 Å². The van der Waals surface area contributed by atoms with Crippen LogP contribution in [0.4, 0.5) is 4.79 Å². The highest BCUT2D eigenvalue weighted by Crippen LogP contribution is 2.16. The third-order valence-corrected chi connectivity index (χ3v) is 4.52. The van der Waals surface area contributed by atoms with E-state index >= 15 is 0 Å². The van der Waals surface area contributed by atoms with E-state index in [0.29, 0.717) is 12.6 Å². The number of hydrogen-bond donors (Lipinski definition) is 2. The predicted molar refractivity (Wildman–Crippen MR) is 91.5 cm³/mol. The minimum atomic E-state index is -0.0423. The van der Waals surface area contributed by atoms with Crippen LogP contribution in [0.2, 0.25) is 0 Å². The van der Waals surface area contributed by atoms with Crippen molar-refractivity contribution in [3.05, 3.63) is 36.3 Å². The first-order valence-electron chi connectivity index (χ1n) is 8.78. The van der Waals surface area contributed by atoms with Crippen LogP contribution in [0.3, 0.4) is 0 Å². The third-order valence-electron chi connectivity index (χ3n) is 4.52. The van der Waals surface area contributed by atoms with Gasteiger partial charge in [-0.1, -0.05) is 38.2 Å². The van der Waals surface area contributed by atoms with Crippen molar-refractivity contribution in [2.75, 3.05) is 6.54 Å². The van der Waals surface area contributed by atoms with E-state index in [2.05, 4.69) is 15.6 Å². The van der Waals surface area contributed by atoms with Crippen LogP contribution in [0, 0.1) is 0 Å². The Morgan fingerprint density at radius 3 is 2.74 bits per heavy atom.